The second-order valence-corrected chi connectivity index (χ2v) is 4.32. The van der Waals surface area contributed by atoms with E-state index in [0.717, 1.165) is 5.69 Å². The SMILES string of the molecule is CNC(=S)NCC1CN(c2ccccc2)C(=O)O1. The maximum absolute atomic E-state index is 11.7. The van der Waals surface area contributed by atoms with Crippen LogP contribution in [0.15, 0.2) is 30.3 Å². The highest BCUT2D eigenvalue weighted by molar-refractivity contribution is 7.80. The molecule has 1 aromatic carbocycles. The monoisotopic (exact) mass is 265 g/mol. The summed E-state index contributed by atoms with van der Waals surface area (Å²) in [6.07, 6.45) is -0.507. The number of carbonyl (C=O) groups excluding carboxylic acids is 1. The lowest BCUT2D eigenvalue weighted by molar-refractivity contribution is 0.143. The highest BCUT2D eigenvalue weighted by Crippen LogP contribution is 2.20. The van der Waals surface area contributed by atoms with Gasteiger partial charge in [-0.3, -0.25) is 4.90 Å². The molecular formula is C12H15N3O2S. The number of para-hydroxylation sites is 1. The normalized spacial score (nSPS) is 18.4. The molecule has 5 nitrogen and oxygen atoms in total. The van der Waals surface area contributed by atoms with Crippen molar-refractivity contribution in [2.24, 2.45) is 0 Å². The summed E-state index contributed by atoms with van der Waals surface area (Å²) in [7, 11) is 1.74. The Hall–Kier alpha value is -1.82. The van der Waals surface area contributed by atoms with Gasteiger partial charge in [-0.15, -0.1) is 0 Å². The molecule has 1 atom stereocenters. The molecule has 2 rings (SSSR count). The Morgan fingerprint density at radius 1 is 1.50 bits per heavy atom. The number of nitrogens with one attached hydrogen (secondary N) is 2. The highest BCUT2D eigenvalue weighted by atomic mass is 32.1. The first-order chi connectivity index (χ1) is 8.70. The van der Waals surface area contributed by atoms with E-state index in [9.17, 15) is 4.79 Å². The molecule has 1 aliphatic rings. The number of rotatable bonds is 3. The molecule has 1 unspecified atom stereocenters. The summed E-state index contributed by atoms with van der Waals surface area (Å²) in [5, 5.41) is 6.34. The Morgan fingerprint density at radius 3 is 2.89 bits per heavy atom. The molecule has 0 bridgehead atoms. The van der Waals surface area contributed by atoms with Crippen molar-refractivity contribution in [3.05, 3.63) is 30.3 Å². The van der Waals surface area contributed by atoms with E-state index in [2.05, 4.69) is 10.6 Å². The minimum Gasteiger partial charge on any atom is -0.442 e. The number of benzene rings is 1. The number of hydrogen-bond acceptors (Lipinski definition) is 3. The van der Waals surface area contributed by atoms with Gasteiger partial charge in [0, 0.05) is 12.7 Å². The molecule has 96 valence electrons. The Morgan fingerprint density at radius 2 is 2.22 bits per heavy atom. The molecular weight excluding hydrogens is 250 g/mol. The minimum absolute atomic E-state index is 0.191. The first kappa shape index (κ1) is 12.6. The predicted octanol–water partition coefficient (Wildman–Crippen LogP) is 1.11. The zero-order valence-corrected chi connectivity index (χ0v) is 10.9. The summed E-state index contributed by atoms with van der Waals surface area (Å²) >= 11 is 4.97. The largest absolute Gasteiger partial charge is 0.442 e. The molecule has 0 aromatic heterocycles. The van der Waals surface area contributed by atoms with Crippen molar-refractivity contribution < 1.29 is 9.53 Å². The zero-order chi connectivity index (χ0) is 13.0. The van der Waals surface area contributed by atoms with E-state index in [4.69, 9.17) is 17.0 Å². The summed E-state index contributed by atoms with van der Waals surface area (Å²) in [5.74, 6) is 0. The molecule has 1 heterocycles. The van der Waals surface area contributed by atoms with Gasteiger partial charge in [-0.05, 0) is 24.4 Å². The molecule has 1 fully saturated rings. The number of cyclic esters (lactones) is 1. The second-order valence-electron chi connectivity index (χ2n) is 3.91. The number of nitrogens with zero attached hydrogens (tertiary/aromatic N) is 1. The van der Waals surface area contributed by atoms with Crippen LogP contribution in [0.25, 0.3) is 0 Å². The first-order valence-corrected chi connectivity index (χ1v) is 6.10. The third kappa shape index (κ3) is 2.89. The summed E-state index contributed by atoms with van der Waals surface area (Å²) < 4.78 is 5.26. The standard InChI is InChI=1S/C12H15N3O2S/c1-13-11(18)14-7-10-8-15(12(16)17-10)9-5-3-2-4-6-9/h2-6,10H,7-8H2,1H3,(H2,13,14,18). The predicted molar refractivity (Wildman–Crippen MR) is 73.7 cm³/mol. The second kappa shape index (κ2) is 5.68. The van der Waals surface area contributed by atoms with Crippen LogP contribution in [0.3, 0.4) is 0 Å². The van der Waals surface area contributed by atoms with Crippen LogP contribution in [-0.4, -0.2) is 37.4 Å². The lowest BCUT2D eigenvalue weighted by Gasteiger charge is -2.13. The molecule has 18 heavy (non-hydrogen) atoms. The summed E-state index contributed by atoms with van der Waals surface area (Å²) in [4.78, 5) is 13.3. The number of amides is 1. The van der Waals surface area contributed by atoms with Crippen LogP contribution in [0.1, 0.15) is 0 Å². The Bertz CT molecular complexity index is 438. The van der Waals surface area contributed by atoms with Gasteiger partial charge in [-0.1, -0.05) is 18.2 Å². The first-order valence-electron chi connectivity index (χ1n) is 5.69. The molecule has 0 spiro atoms. The minimum atomic E-state index is -0.316. The number of carbonyl (C=O) groups is 1. The van der Waals surface area contributed by atoms with Crippen molar-refractivity contribution in [3.63, 3.8) is 0 Å². The third-order valence-electron chi connectivity index (χ3n) is 2.66. The van der Waals surface area contributed by atoms with E-state index in [0.29, 0.717) is 18.2 Å². The van der Waals surface area contributed by atoms with Gasteiger partial charge in [0.15, 0.2) is 5.11 Å². The molecule has 0 saturated carbocycles. The van der Waals surface area contributed by atoms with Crippen LogP contribution in [0.2, 0.25) is 0 Å². The highest BCUT2D eigenvalue weighted by Gasteiger charge is 2.31. The van der Waals surface area contributed by atoms with Gasteiger partial charge in [-0.25, -0.2) is 4.79 Å². The summed E-state index contributed by atoms with van der Waals surface area (Å²) in [6.45, 7) is 1.04. The van der Waals surface area contributed by atoms with Gasteiger partial charge in [0.1, 0.15) is 6.10 Å². The van der Waals surface area contributed by atoms with E-state index >= 15 is 0 Å². The van der Waals surface area contributed by atoms with Gasteiger partial charge in [0.05, 0.1) is 13.1 Å². The van der Waals surface area contributed by atoms with Gasteiger partial charge in [0.2, 0.25) is 0 Å². The molecule has 2 N–H and O–H groups in total. The fourth-order valence-corrected chi connectivity index (χ4v) is 1.82. The number of thiocarbonyl (C=S) groups is 1. The smallest absolute Gasteiger partial charge is 0.414 e. The van der Waals surface area contributed by atoms with E-state index in [-0.39, 0.29) is 12.2 Å². The van der Waals surface area contributed by atoms with Crippen LogP contribution < -0.4 is 15.5 Å². The van der Waals surface area contributed by atoms with Crippen molar-refractivity contribution in [2.45, 2.75) is 6.10 Å². The fraction of sp³-hybridized carbons (Fsp3) is 0.333. The van der Waals surface area contributed by atoms with Crippen LogP contribution in [0.5, 0.6) is 0 Å². The molecule has 0 radical (unpaired) electrons. The maximum Gasteiger partial charge on any atom is 0.414 e. The summed E-state index contributed by atoms with van der Waals surface area (Å²) in [6, 6.07) is 9.47. The van der Waals surface area contributed by atoms with Gasteiger partial charge in [-0.2, -0.15) is 0 Å². The Balaban J connectivity index is 1.93. The van der Waals surface area contributed by atoms with E-state index < -0.39 is 0 Å². The number of hydrogen-bond donors (Lipinski definition) is 2. The van der Waals surface area contributed by atoms with E-state index in [1.54, 1.807) is 11.9 Å². The lowest BCUT2D eigenvalue weighted by atomic mass is 10.3. The van der Waals surface area contributed by atoms with Gasteiger partial charge in [0.25, 0.3) is 0 Å². The molecule has 0 aliphatic carbocycles. The molecule has 6 heteroatoms. The van der Waals surface area contributed by atoms with Crippen molar-refractivity contribution in [1.29, 1.82) is 0 Å². The Labute approximate surface area is 111 Å². The summed E-state index contributed by atoms with van der Waals surface area (Å²) in [5.41, 5.74) is 0.848. The van der Waals surface area contributed by atoms with Crippen molar-refractivity contribution in [2.75, 3.05) is 25.0 Å². The van der Waals surface area contributed by atoms with Gasteiger partial charge >= 0.3 is 6.09 Å². The van der Waals surface area contributed by atoms with Crippen LogP contribution in [0.4, 0.5) is 10.5 Å². The zero-order valence-electron chi connectivity index (χ0n) is 10.1. The topological polar surface area (TPSA) is 53.6 Å². The van der Waals surface area contributed by atoms with Gasteiger partial charge < -0.3 is 15.4 Å². The maximum atomic E-state index is 11.7. The van der Waals surface area contributed by atoms with Crippen LogP contribution in [-0.2, 0) is 4.74 Å². The average Bonchev–Trinajstić information content (AvgIpc) is 2.78. The average molecular weight is 265 g/mol. The fourth-order valence-electron chi connectivity index (χ4n) is 1.74. The van der Waals surface area contributed by atoms with E-state index in [1.165, 1.54) is 0 Å². The van der Waals surface area contributed by atoms with E-state index in [1.807, 2.05) is 30.3 Å². The quantitative estimate of drug-likeness (QED) is 0.802. The van der Waals surface area contributed by atoms with Crippen molar-refractivity contribution in [3.8, 4) is 0 Å². The van der Waals surface area contributed by atoms with Crippen LogP contribution >= 0.6 is 12.2 Å². The molecule has 1 aromatic rings. The number of anilines is 1. The molecule has 1 amide bonds. The Kier molecular flexibility index (Phi) is 3.99. The number of ether oxygens (including phenoxy) is 1. The third-order valence-corrected chi connectivity index (χ3v) is 3.01. The lowest BCUT2D eigenvalue weighted by Crippen LogP contribution is -2.39. The van der Waals surface area contributed by atoms with Crippen molar-refractivity contribution in [1.82, 2.24) is 10.6 Å². The van der Waals surface area contributed by atoms with Crippen LogP contribution in [0, 0.1) is 0 Å². The molecule has 1 aliphatic heterocycles. The van der Waals surface area contributed by atoms with Crippen molar-refractivity contribution >= 4 is 29.1 Å². The molecule has 1 saturated heterocycles.